The number of aliphatic hydroxyl groups excluding tert-OH is 1. The number of anilines is 1. The third-order valence-corrected chi connectivity index (χ3v) is 7.54. The molecule has 1 aliphatic heterocycles. The Balaban J connectivity index is 1.81. The fourth-order valence-electron chi connectivity index (χ4n) is 5.00. The van der Waals surface area contributed by atoms with Crippen LogP contribution in [0.5, 0.6) is 0 Å². The second-order valence-electron chi connectivity index (χ2n) is 9.67. The maximum absolute atomic E-state index is 14.8. The number of hydrogen-bond donors (Lipinski definition) is 1. The van der Waals surface area contributed by atoms with E-state index in [1.807, 2.05) is 16.8 Å². The predicted molar refractivity (Wildman–Crippen MR) is 139 cm³/mol. The number of piperidine rings is 1. The molecule has 1 N–H and O–H groups in total. The molecule has 1 aliphatic rings. The minimum absolute atomic E-state index is 0.0229. The van der Waals surface area contributed by atoms with Crippen molar-refractivity contribution in [3.8, 4) is 0 Å². The summed E-state index contributed by atoms with van der Waals surface area (Å²) in [5.41, 5.74) is -0.321. The Labute approximate surface area is 214 Å². The van der Waals surface area contributed by atoms with Crippen molar-refractivity contribution in [2.75, 3.05) is 31.6 Å². The van der Waals surface area contributed by atoms with Crippen molar-refractivity contribution in [3.05, 3.63) is 55.4 Å². The maximum atomic E-state index is 14.8. The van der Waals surface area contributed by atoms with Crippen molar-refractivity contribution in [2.24, 2.45) is 20.0 Å². The molecule has 0 spiro atoms. The zero-order valence-corrected chi connectivity index (χ0v) is 22.0. The molecule has 2 unspecified atom stereocenters. The van der Waals surface area contributed by atoms with Gasteiger partial charge >= 0.3 is 5.69 Å². The minimum Gasteiger partial charge on any atom is -0.378 e. The van der Waals surface area contributed by atoms with Crippen LogP contribution in [0.15, 0.2) is 27.8 Å². The molecule has 0 radical (unpaired) electrons. The Kier molecular flexibility index (Phi) is 7.87. The van der Waals surface area contributed by atoms with Gasteiger partial charge in [-0.25, -0.2) is 9.18 Å². The van der Waals surface area contributed by atoms with Gasteiger partial charge < -0.3 is 10.0 Å². The Hall–Kier alpha value is -2.69. The lowest BCUT2D eigenvalue weighted by molar-refractivity contribution is -0.0295. The van der Waals surface area contributed by atoms with Crippen LogP contribution < -0.4 is 16.1 Å². The van der Waals surface area contributed by atoms with Crippen molar-refractivity contribution in [3.63, 3.8) is 0 Å². The number of nitrogens with zero attached hydrogens (tertiary/aromatic N) is 6. The van der Waals surface area contributed by atoms with Gasteiger partial charge in [-0.2, -0.15) is 4.98 Å². The summed E-state index contributed by atoms with van der Waals surface area (Å²) in [6, 6.07) is 4.46. The van der Waals surface area contributed by atoms with Gasteiger partial charge in [0.05, 0.1) is 6.54 Å². The lowest BCUT2D eigenvalue weighted by Gasteiger charge is -2.38. The molecule has 36 heavy (non-hydrogen) atoms. The first-order chi connectivity index (χ1) is 17.1. The van der Waals surface area contributed by atoms with Gasteiger partial charge in [-0.05, 0) is 38.4 Å². The highest BCUT2D eigenvalue weighted by molar-refractivity contribution is 6.31. The molecule has 2 aromatic heterocycles. The number of aliphatic hydroxyl groups is 1. The smallest absolute Gasteiger partial charge is 0.332 e. The van der Waals surface area contributed by atoms with Crippen LogP contribution in [0.2, 0.25) is 5.02 Å². The molecule has 9 nitrogen and oxygen atoms in total. The molecule has 196 valence electrons. The van der Waals surface area contributed by atoms with Gasteiger partial charge in [0, 0.05) is 50.2 Å². The summed E-state index contributed by atoms with van der Waals surface area (Å²) in [5, 5.41) is 11.3. The van der Waals surface area contributed by atoms with Crippen molar-refractivity contribution in [2.45, 2.75) is 45.4 Å². The van der Waals surface area contributed by atoms with Crippen LogP contribution in [-0.2, 0) is 20.6 Å². The summed E-state index contributed by atoms with van der Waals surface area (Å²) in [7, 11) is 4.90. The van der Waals surface area contributed by atoms with Crippen molar-refractivity contribution < 1.29 is 9.50 Å². The number of fused-ring (bicyclic) bond motifs is 1. The van der Waals surface area contributed by atoms with Crippen molar-refractivity contribution in [1.29, 1.82) is 0 Å². The predicted octanol–water partition coefficient (Wildman–Crippen LogP) is 2.54. The molecule has 1 saturated heterocycles. The van der Waals surface area contributed by atoms with E-state index >= 15 is 0 Å². The quantitative estimate of drug-likeness (QED) is 0.459. The SMILES string of the molecule is CCCCN(C)C(O)C1CCCN(c2nc3c(c(=O)n(C)c(=O)n3C)n2Cc2c(F)cccc2Cl)C1. The van der Waals surface area contributed by atoms with E-state index in [0.29, 0.717) is 19.0 Å². The first-order valence-corrected chi connectivity index (χ1v) is 12.8. The molecular formula is C25H34ClFN6O3. The highest BCUT2D eigenvalue weighted by atomic mass is 35.5. The molecule has 0 amide bonds. The van der Waals surface area contributed by atoms with E-state index in [1.165, 1.54) is 23.7 Å². The van der Waals surface area contributed by atoms with Gasteiger partial charge in [0.15, 0.2) is 11.2 Å². The van der Waals surface area contributed by atoms with Crippen LogP contribution >= 0.6 is 11.6 Å². The van der Waals surface area contributed by atoms with Crippen LogP contribution in [-0.4, -0.2) is 61.6 Å². The van der Waals surface area contributed by atoms with E-state index in [2.05, 4.69) is 6.92 Å². The number of unbranched alkanes of at least 4 members (excludes halogenated alkanes) is 1. The lowest BCUT2D eigenvalue weighted by atomic mass is 9.95. The second kappa shape index (κ2) is 10.7. The van der Waals surface area contributed by atoms with Gasteiger partial charge in [-0.1, -0.05) is 31.0 Å². The van der Waals surface area contributed by atoms with Gasteiger partial charge in [-0.15, -0.1) is 0 Å². The van der Waals surface area contributed by atoms with Crippen molar-refractivity contribution in [1.82, 2.24) is 23.6 Å². The molecule has 1 aromatic carbocycles. The molecule has 4 rings (SSSR count). The maximum Gasteiger partial charge on any atom is 0.332 e. The highest BCUT2D eigenvalue weighted by Gasteiger charge is 2.32. The van der Waals surface area contributed by atoms with E-state index in [0.717, 1.165) is 36.8 Å². The number of rotatable bonds is 8. The molecule has 3 aromatic rings. The molecule has 2 atom stereocenters. The summed E-state index contributed by atoms with van der Waals surface area (Å²) in [5.74, 6) is -0.0604. The summed E-state index contributed by atoms with van der Waals surface area (Å²) in [6.45, 7) is 4.07. The highest BCUT2D eigenvalue weighted by Crippen LogP contribution is 2.30. The summed E-state index contributed by atoms with van der Waals surface area (Å²) < 4.78 is 18.8. The Morgan fingerprint density at radius 2 is 2.03 bits per heavy atom. The first-order valence-electron chi connectivity index (χ1n) is 12.4. The van der Waals surface area contributed by atoms with Gasteiger partial charge in [-0.3, -0.25) is 23.4 Å². The van der Waals surface area contributed by atoms with Crippen molar-refractivity contribution >= 4 is 28.7 Å². The van der Waals surface area contributed by atoms with Crippen LogP contribution in [0.3, 0.4) is 0 Å². The van der Waals surface area contributed by atoms with E-state index < -0.39 is 23.3 Å². The molecule has 0 bridgehead atoms. The van der Waals surface area contributed by atoms with Crippen LogP contribution in [0.1, 0.15) is 38.2 Å². The third-order valence-electron chi connectivity index (χ3n) is 7.18. The van der Waals surface area contributed by atoms with E-state index in [4.69, 9.17) is 16.6 Å². The van der Waals surface area contributed by atoms with E-state index in [9.17, 15) is 19.1 Å². The first kappa shape index (κ1) is 26.4. The minimum atomic E-state index is -0.615. The Morgan fingerprint density at radius 1 is 1.28 bits per heavy atom. The number of halogens is 2. The topological polar surface area (TPSA) is 88.5 Å². The fraction of sp³-hybridized carbons (Fsp3) is 0.560. The summed E-state index contributed by atoms with van der Waals surface area (Å²) >= 11 is 6.34. The molecule has 3 heterocycles. The van der Waals surface area contributed by atoms with Crippen LogP contribution in [0.25, 0.3) is 11.2 Å². The normalized spacial score (nSPS) is 17.3. The third kappa shape index (κ3) is 4.81. The average Bonchev–Trinajstić information content (AvgIpc) is 3.26. The van der Waals surface area contributed by atoms with Gasteiger partial charge in [0.1, 0.15) is 12.0 Å². The largest absolute Gasteiger partial charge is 0.378 e. The average molecular weight is 521 g/mol. The molecule has 0 saturated carbocycles. The van der Waals surface area contributed by atoms with Crippen LogP contribution in [0.4, 0.5) is 10.3 Å². The molecule has 1 fully saturated rings. The summed E-state index contributed by atoms with van der Waals surface area (Å²) in [4.78, 5) is 34.6. The molecular weight excluding hydrogens is 487 g/mol. The summed E-state index contributed by atoms with van der Waals surface area (Å²) in [6.07, 6.45) is 3.11. The van der Waals surface area contributed by atoms with E-state index in [-0.39, 0.29) is 34.2 Å². The van der Waals surface area contributed by atoms with Crippen LogP contribution in [0, 0.1) is 11.7 Å². The molecule has 11 heteroatoms. The Bertz CT molecular complexity index is 1350. The zero-order valence-electron chi connectivity index (χ0n) is 21.2. The molecule has 0 aliphatic carbocycles. The zero-order chi connectivity index (χ0) is 26.1. The lowest BCUT2D eigenvalue weighted by Crippen LogP contribution is -2.47. The number of benzene rings is 1. The number of aryl methyl sites for hydroxylation is 1. The monoisotopic (exact) mass is 520 g/mol. The van der Waals surface area contributed by atoms with Gasteiger partial charge in [0.25, 0.3) is 5.56 Å². The number of hydrogen-bond acceptors (Lipinski definition) is 6. The Morgan fingerprint density at radius 3 is 2.72 bits per heavy atom. The standard InChI is InChI=1S/C25H34ClFN6O3/c1-5-6-12-29(2)22(34)16-9-8-13-32(14-16)24-28-21-20(23(35)31(4)25(36)30(21)3)33(24)15-17-18(26)10-7-11-19(17)27/h7,10-11,16,22,34H,5-6,8-9,12-15H2,1-4H3. The second-order valence-corrected chi connectivity index (χ2v) is 10.1. The van der Waals surface area contributed by atoms with E-state index in [1.54, 1.807) is 17.7 Å². The number of imidazole rings is 1. The fourth-order valence-corrected chi connectivity index (χ4v) is 5.23. The number of aromatic nitrogens is 4. The van der Waals surface area contributed by atoms with Gasteiger partial charge in [0.2, 0.25) is 5.95 Å².